The van der Waals surface area contributed by atoms with Crippen molar-refractivity contribution in [2.24, 2.45) is 0 Å². The SMILES string of the molecule is Cc1ccc(-n2nnnc2NCCNS(=O)(=O)c2cccs2)cc1. The molecule has 0 amide bonds. The molecule has 2 heterocycles. The number of hydrogen-bond acceptors (Lipinski definition) is 7. The second-order valence-electron chi connectivity index (χ2n) is 5.01. The lowest BCUT2D eigenvalue weighted by atomic mass is 10.2. The molecule has 0 bridgehead atoms. The molecule has 8 nitrogen and oxygen atoms in total. The lowest BCUT2D eigenvalue weighted by Gasteiger charge is -2.08. The highest BCUT2D eigenvalue weighted by Crippen LogP contribution is 2.15. The lowest BCUT2D eigenvalue weighted by Crippen LogP contribution is -2.28. The number of aryl methyl sites for hydroxylation is 1. The first-order valence-corrected chi connectivity index (χ1v) is 9.55. The van der Waals surface area contributed by atoms with Crippen LogP contribution in [-0.2, 0) is 10.0 Å². The number of benzene rings is 1. The molecule has 24 heavy (non-hydrogen) atoms. The van der Waals surface area contributed by atoms with Gasteiger partial charge in [0, 0.05) is 13.1 Å². The molecule has 0 fully saturated rings. The smallest absolute Gasteiger partial charge is 0.250 e. The van der Waals surface area contributed by atoms with Gasteiger partial charge in [0.1, 0.15) is 4.21 Å². The van der Waals surface area contributed by atoms with E-state index in [9.17, 15) is 8.42 Å². The van der Waals surface area contributed by atoms with Crippen molar-refractivity contribution < 1.29 is 8.42 Å². The first kappa shape index (κ1) is 16.6. The molecule has 0 aliphatic heterocycles. The third-order valence-corrected chi connectivity index (χ3v) is 6.07. The van der Waals surface area contributed by atoms with Crippen molar-refractivity contribution in [3.8, 4) is 5.69 Å². The Labute approximate surface area is 143 Å². The van der Waals surface area contributed by atoms with Gasteiger partial charge in [0.15, 0.2) is 0 Å². The highest BCUT2D eigenvalue weighted by atomic mass is 32.2. The molecule has 1 aromatic carbocycles. The van der Waals surface area contributed by atoms with Crippen molar-refractivity contribution in [3.63, 3.8) is 0 Å². The van der Waals surface area contributed by atoms with Gasteiger partial charge in [0.2, 0.25) is 16.0 Å². The Kier molecular flexibility index (Phi) is 4.88. The summed E-state index contributed by atoms with van der Waals surface area (Å²) in [5, 5.41) is 16.3. The number of nitrogens with one attached hydrogen (secondary N) is 2. The maximum absolute atomic E-state index is 12.0. The van der Waals surface area contributed by atoms with Gasteiger partial charge in [0.05, 0.1) is 5.69 Å². The first-order valence-electron chi connectivity index (χ1n) is 7.19. The van der Waals surface area contributed by atoms with Crippen molar-refractivity contribution in [2.75, 3.05) is 18.4 Å². The number of nitrogens with zero attached hydrogens (tertiary/aromatic N) is 4. The molecule has 0 aliphatic rings. The summed E-state index contributed by atoms with van der Waals surface area (Å²) in [6, 6.07) is 11.0. The minimum atomic E-state index is -3.45. The minimum Gasteiger partial charge on any atom is -0.351 e. The molecular weight excluding hydrogens is 348 g/mol. The first-order chi connectivity index (χ1) is 11.6. The van der Waals surface area contributed by atoms with E-state index in [0.29, 0.717) is 16.7 Å². The molecule has 0 saturated heterocycles. The zero-order valence-electron chi connectivity index (χ0n) is 12.9. The molecule has 10 heteroatoms. The van der Waals surface area contributed by atoms with E-state index in [-0.39, 0.29) is 6.54 Å². The van der Waals surface area contributed by atoms with E-state index >= 15 is 0 Å². The lowest BCUT2D eigenvalue weighted by molar-refractivity contribution is 0.585. The predicted octanol–water partition coefficient (Wildman–Crippen LogP) is 1.42. The van der Waals surface area contributed by atoms with Crippen LogP contribution in [0.15, 0.2) is 46.0 Å². The maximum atomic E-state index is 12.0. The summed E-state index contributed by atoms with van der Waals surface area (Å²) in [6.07, 6.45) is 0. The van der Waals surface area contributed by atoms with Crippen molar-refractivity contribution in [1.29, 1.82) is 0 Å². The van der Waals surface area contributed by atoms with E-state index in [2.05, 4.69) is 25.6 Å². The van der Waals surface area contributed by atoms with Gasteiger partial charge in [-0.05, 0) is 40.9 Å². The Hall–Kier alpha value is -2.30. The zero-order valence-corrected chi connectivity index (χ0v) is 14.5. The van der Waals surface area contributed by atoms with E-state index in [4.69, 9.17) is 0 Å². The van der Waals surface area contributed by atoms with Crippen LogP contribution < -0.4 is 10.0 Å². The monoisotopic (exact) mass is 364 g/mol. The Morgan fingerprint density at radius 3 is 2.67 bits per heavy atom. The fourth-order valence-corrected chi connectivity index (χ4v) is 4.07. The van der Waals surface area contributed by atoms with Gasteiger partial charge in [-0.1, -0.05) is 28.9 Å². The topological polar surface area (TPSA) is 102 Å². The predicted molar refractivity (Wildman–Crippen MR) is 91.9 cm³/mol. The normalized spacial score (nSPS) is 11.5. The highest BCUT2D eigenvalue weighted by molar-refractivity contribution is 7.91. The Morgan fingerprint density at radius 1 is 1.17 bits per heavy atom. The molecule has 2 aromatic heterocycles. The number of rotatable bonds is 7. The third-order valence-electron chi connectivity index (χ3n) is 3.21. The molecule has 0 spiro atoms. The van der Waals surface area contributed by atoms with Gasteiger partial charge in [-0.15, -0.1) is 11.3 Å². The van der Waals surface area contributed by atoms with Gasteiger partial charge in [-0.3, -0.25) is 0 Å². The van der Waals surface area contributed by atoms with E-state index < -0.39 is 10.0 Å². The molecule has 2 N–H and O–H groups in total. The number of aromatic nitrogens is 4. The highest BCUT2D eigenvalue weighted by Gasteiger charge is 2.14. The molecular formula is C14H16N6O2S2. The number of thiophene rings is 1. The van der Waals surface area contributed by atoms with Crippen LogP contribution in [0, 0.1) is 6.92 Å². The largest absolute Gasteiger partial charge is 0.351 e. The van der Waals surface area contributed by atoms with Crippen molar-refractivity contribution in [3.05, 3.63) is 47.3 Å². The minimum absolute atomic E-state index is 0.223. The molecule has 126 valence electrons. The Bertz CT molecular complexity index is 888. The molecule has 3 aromatic rings. The summed E-state index contributed by atoms with van der Waals surface area (Å²) in [5.41, 5.74) is 1.97. The van der Waals surface area contributed by atoms with Gasteiger partial charge < -0.3 is 5.32 Å². The Morgan fingerprint density at radius 2 is 1.96 bits per heavy atom. The van der Waals surface area contributed by atoms with Crippen LogP contribution in [0.4, 0.5) is 5.95 Å². The van der Waals surface area contributed by atoms with Crippen LogP contribution in [0.5, 0.6) is 0 Å². The fourth-order valence-electron chi connectivity index (χ4n) is 2.00. The summed E-state index contributed by atoms with van der Waals surface area (Å²) in [4.78, 5) is 0. The Balaban J connectivity index is 1.58. The standard InChI is InChI=1S/C14H16N6O2S2/c1-11-4-6-12(7-5-11)20-14(17-18-19-20)15-8-9-16-24(21,22)13-3-2-10-23-13/h2-7,10,16H,8-9H2,1H3,(H,15,17,19). The second-order valence-corrected chi connectivity index (χ2v) is 7.95. The molecule has 3 rings (SSSR count). The van der Waals surface area contributed by atoms with E-state index in [1.165, 1.54) is 11.3 Å². The average molecular weight is 364 g/mol. The molecule has 0 unspecified atom stereocenters. The number of anilines is 1. The van der Waals surface area contributed by atoms with Crippen molar-refractivity contribution >= 4 is 27.3 Å². The summed E-state index contributed by atoms with van der Waals surface area (Å²) in [7, 11) is -3.45. The zero-order chi connectivity index (χ0) is 17.0. The maximum Gasteiger partial charge on any atom is 0.250 e. The van der Waals surface area contributed by atoms with Crippen molar-refractivity contribution in [1.82, 2.24) is 24.9 Å². The quantitative estimate of drug-likeness (QED) is 0.615. The summed E-state index contributed by atoms with van der Waals surface area (Å²) in [6.45, 7) is 2.58. The third kappa shape index (κ3) is 3.78. The van der Waals surface area contributed by atoms with Gasteiger partial charge in [-0.25, -0.2) is 13.1 Å². The second kappa shape index (κ2) is 7.07. The molecule has 0 radical (unpaired) electrons. The van der Waals surface area contributed by atoms with E-state index in [1.807, 2.05) is 31.2 Å². The van der Waals surface area contributed by atoms with Crippen LogP contribution in [-0.4, -0.2) is 41.7 Å². The fraction of sp³-hybridized carbons (Fsp3) is 0.214. The summed E-state index contributed by atoms with van der Waals surface area (Å²) < 4.78 is 28.4. The van der Waals surface area contributed by atoms with Crippen LogP contribution in [0.3, 0.4) is 0 Å². The van der Waals surface area contributed by atoms with Crippen molar-refractivity contribution in [2.45, 2.75) is 11.1 Å². The van der Waals surface area contributed by atoms with Crippen LogP contribution >= 0.6 is 11.3 Å². The van der Waals surface area contributed by atoms with Gasteiger partial charge in [0.25, 0.3) is 0 Å². The van der Waals surface area contributed by atoms with Crippen LogP contribution in [0.1, 0.15) is 5.56 Å². The van der Waals surface area contributed by atoms with Crippen LogP contribution in [0.25, 0.3) is 5.69 Å². The summed E-state index contributed by atoms with van der Waals surface area (Å²) in [5.74, 6) is 0.453. The summed E-state index contributed by atoms with van der Waals surface area (Å²) >= 11 is 1.18. The molecule has 0 atom stereocenters. The van der Waals surface area contributed by atoms with Gasteiger partial charge >= 0.3 is 0 Å². The number of tetrazole rings is 1. The number of hydrogen-bond donors (Lipinski definition) is 2. The molecule has 0 saturated carbocycles. The molecule has 0 aliphatic carbocycles. The number of sulfonamides is 1. The van der Waals surface area contributed by atoms with E-state index in [1.54, 1.807) is 22.2 Å². The van der Waals surface area contributed by atoms with Crippen LogP contribution in [0.2, 0.25) is 0 Å². The van der Waals surface area contributed by atoms with Gasteiger partial charge in [-0.2, -0.15) is 4.68 Å². The van der Waals surface area contributed by atoms with E-state index in [0.717, 1.165) is 11.3 Å². The average Bonchev–Trinajstić information content (AvgIpc) is 3.24.